The first kappa shape index (κ1) is 17.4. The molecule has 2 heterocycles. The van der Waals surface area contributed by atoms with Crippen molar-refractivity contribution in [3.63, 3.8) is 0 Å². The Balaban J connectivity index is 1.52. The zero-order valence-corrected chi connectivity index (χ0v) is 14.9. The second-order valence-electron chi connectivity index (χ2n) is 6.80. The van der Waals surface area contributed by atoms with Gasteiger partial charge in [-0.1, -0.05) is 37.6 Å². The lowest BCUT2D eigenvalue weighted by Crippen LogP contribution is -2.35. The van der Waals surface area contributed by atoms with Gasteiger partial charge in [-0.15, -0.1) is 10.2 Å². The van der Waals surface area contributed by atoms with Crippen LogP contribution in [0.5, 0.6) is 0 Å². The molecule has 3 rings (SSSR count). The summed E-state index contributed by atoms with van der Waals surface area (Å²) in [6.07, 6.45) is 1.48. The van der Waals surface area contributed by atoms with Crippen LogP contribution in [0.15, 0.2) is 28.7 Å². The number of aliphatic hydroxyl groups is 1. The molecule has 1 unspecified atom stereocenters. The van der Waals surface area contributed by atoms with Crippen LogP contribution >= 0.6 is 11.6 Å². The number of likely N-dealkylation sites (tertiary alicyclic amines) is 1. The fourth-order valence-corrected chi connectivity index (χ4v) is 3.24. The number of halogens is 1. The van der Waals surface area contributed by atoms with Crippen LogP contribution in [0.1, 0.15) is 56.1 Å². The van der Waals surface area contributed by atoms with Gasteiger partial charge in [-0.3, -0.25) is 4.90 Å². The maximum absolute atomic E-state index is 10.6. The smallest absolute Gasteiger partial charge is 0.230 e. The van der Waals surface area contributed by atoms with E-state index in [4.69, 9.17) is 16.0 Å². The second-order valence-corrected chi connectivity index (χ2v) is 7.24. The van der Waals surface area contributed by atoms with Gasteiger partial charge in [0, 0.05) is 10.9 Å². The molecular formula is C18H24ClN3O2. The van der Waals surface area contributed by atoms with Crippen molar-refractivity contribution in [3.8, 4) is 0 Å². The van der Waals surface area contributed by atoms with Crippen LogP contribution in [0, 0.1) is 5.92 Å². The van der Waals surface area contributed by atoms with E-state index in [2.05, 4.69) is 15.1 Å². The van der Waals surface area contributed by atoms with E-state index in [1.165, 1.54) is 0 Å². The summed E-state index contributed by atoms with van der Waals surface area (Å²) in [6, 6.07) is 7.48. The summed E-state index contributed by atoms with van der Waals surface area (Å²) in [5.41, 5.74) is 0.941. The Hall–Kier alpha value is -1.43. The van der Waals surface area contributed by atoms with Crippen LogP contribution in [0.3, 0.4) is 0 Å². The highest BCUT2D eigenvalue weighted by atomic mass is 35.5. The average Bonchev–Trinajstić information content (AvgIpc) is 3.04. The molecule has 0 saturated carbocycles. The van der Waals surface area contributed by atoms with Crippen LogP contribution in [0.4, 0.5) is 0 Å². The van der Waals surface area contributed by atoms with Crippen molar-refractivity contribution in [2.75, 3.05) is 13.1 Å². The zero-order chi connectivity index (χ0) is 17.1. The first-order chi connectivity index (χ1) is 11.5. The van der Waals surface area contributed by atoms with Crippen LogP contribution < -0.4 is 0 Å². The van der Waals surface area contributed by atoms with E-state index in [1.54, 1.807) is 0 Å². The van der Waals surface area contributed by atoms with E-state index in [0.29, 0.717) is 23.3 Å². The minimum atomic E-state index is -0.430. The second kappa shape index (κ2) is 7.64. The molecule has 0 amide bonds. The van der Waals surface area contributed by atoms with E-state index in [1.807, 2.05) is 38.1 Å². The molecule has 1 aliphatic heterocycles. The molecule has 1 fully saturated rings. The van der Waals surface area contributed by atoms with Crippen molar-refractivity contribution in [2.45, 2.75) is 45.3 Å². The quantitative estimate of drug-likeness (QED) is 0.889. The lowest BCUT2D eigenvalue weighted by Gasteiger charge is -2.33. The molecular weight excluding hydrogens is 326 g/mol. The van der Waals surface area contributed by atoms with Crippen molar-refractivity contribution in [2.24, 2.45) is 5.92 Å². The largest absolute Gasteiger partial charge is 0.424 e. The molecule has 0 bridgehead atoms. The summed E-state index contributed by atoms with van der Waals surface area (Å²) in [5.74, 6) is 1.90. The maximum Gasteiger partial charge on any atom is 0.230 e. The van der Waals surface area contributed by atoms with Gasteiger partial charge in [0.05, 0.1) is 12.6 Å². The summed E-state index contributed by atoms with van der Waals surface area (Å²) in [6.45, 7) is 6.62. The SMILES string of the molecule is CC(C)c1nnc(CN2CCC(C(O)c3ccc(Cl)cc3)CC2)o1. The molecule has 6 heteroatoms. The maximum atomic E-state index is 10.6. The first-order valence-electron chi connectivity index (χ1n) is 8.51. The lowest BCUT2D eigenvalue weighted by molar-refractivity contribution is 0.0542. The van der Waals surface area contributed by atoms with E-state index in [0.717, 1.165) is 31.5 Å². The van der Waals surface area contributed by atoms with Crippen molar-refractivity contribution in [3.05, 3.63) is 46.6 Å². The summed E-state index contributed by atoms with van der Waals surface area (Å²) >= 11 is 5.91. The Morgan fingerprint density at radius 3 is 2.46 bits per heavy atom. The van der Waals surface area contributed by atoms with Gasteiger partial charge in [-0.05, 0) is 49.5 Å². The zero-order valence-electron chi connectivity index (χ0n) is 14.2. The highest BCUT2D eigenvalue weighted by molar-refractivity contribution is 6.30. The molecule has 0 radical (unpaired) electrons. The van der Waals surface area contributed by atoms with Crippen LogP contribution in [0.25, 0.3) is 0 Å². The molecule has 5 nitrogen and oxygen atoms in total. The van der Waals surface area contributed by atoms with Gasteiger partial charge in [0.1, 0.15) is 0 Å². The Labute approximate surface area is 147 Å². The molecule has 24 heavy (non-hydrogen) atoms. The minimum absolute atomic E-state index is 0.256. The highest BCUT2D eigenvalue weighted by Crippen LogP contribution is 2.31. The third-order valence-electron chi connectivity index (χ3n) is 4.63. The molecule has 1 aromatic carbocycles. The fraction of sp³-hybridized carbons (Fsp3) is 0.556. The Bertz CT molecular complexity index is 649. The fourth-order valence-electron chi connectivity index (χ4n) is 3.11. The van der Waals surface area contributed by atoms with Crippen LogP contribution in [-0.4, -0.2) is 33.3 Å². The van der Waals surface area contributed by atoms with Crippen LogP contribution in [0.2, 0.25) is 5.02 Å². The Morgan fingerprint density at radius 1 is 1.21 bits per heavy atom. The summed E-state index contributed by atoms with van der Waals surface area (Å²) in [7, 11) is 0. The third-order valence-corrected chi connectivity index (χ3v) is 4.88. The topological polar surface area (TPSA) is 62.4 Å². The predicted molar refractivity (Wildman–Crippen MR) is 92.8 cm³/mol. The third kappa shape index (κ3) is 4.15. The molecule has 0 aliphatic carbocycles. The molecule has 1 saturated heterocycles. The number of aromatic nitrogens is 2. The number of aliphatic hydroxyl groups excluding tert-OH is 1. The van der Waals surface area contributed by atoms with Gasteiger partial charge in [0.2, 0.25) is 11.8 Å². The van der Waals surface area contributed by atoms with Crippen LogP contribution in [-0.2, 0) is 6.54 Å². The number of rotatable bonds is 5. The first-order valence-corrected chi connectivity index (χ1v) is 8.89. The number of nitrogens with zero attached hydrogens (tertiary/aromatic N) is 3. The normalized spacial score (nSPS) is 18.2. The van der Waals surface area contributed by atoms with E-state index in [9.17, 15) is 5.11 Å². The number of benzene rings is 1. The van der Waals surface area contributed by atoms with Gasteiger partial charge in [0.25, 0.3) is 0 Å². The molecule has 130 valence electrons. The standard InChI is InChI=1S/C18H24ClN3O2/c1-12(2)18-21-20-16(24-18)11-22-9-7-14(8-10-22)17(23)13-3-5-15(19)6-4-13/h3-6,12,14,17,23H,7-11H2,1-2H3. The van der Waals surface area contributed by atoms with Gasteiger partial charge >= 0.3 is 0 Å². The van der Waals surface area contributed by atoms with Gasteiger partial charge in [-0.25, -0.2) is 0 Å². The molecule has 1 aromatic heterocycles. The molecule has 1 N–H and O–H groups in total. The van der Waals surface area contributed by atoms with Gasteiger partial charge < -0.3 is 9.52 Å². The average molecular weight is 350 g/mol. The van der Waals surface area contributed by atoms with E-state index < -0.39 is 6.10 Å². The Morgan fingerprint density at radius 2 is 1.88 bits per heavy atom. The summed E-state index contributed by atoms with van der Waals surface area (Å²) in [5, 5.41) is 19.5. The number of piperidine rings is 1. The van der Waals surface area contributed by atoms with E-state index in [-0.39, 0.29) is 11.8 Å². The lowest BCUT2D eigenvalue weighted by atomic mass is 9.87. The number of hydrogen-bond acceptors (Lipinski definition) is 5. The Kier molecular flexibility index (Phi) is 5.54. The van der Waals surface area contributed by atoms with Gasteiger partial charge in [-0.2, -0.15) is 0 Å². The van der Waals surface area contributed by atoms with Crippen molar-refractivity contribution in [1.82, 2.24) is 15.1 Å². The summed E-state index contributed by atoms with van der Waals surface area (Å²) < 4.78 is 5.68. The van der Waals surface area contributed by atoms with E-state index >= 15 is 0 Å². The molecule has 1 aliphatic rings. The monoisotopic (exact) mass is 349 g/mol. The molecule has 2 aromatic rings. The number of hydrogen-bond donors (Lipinski definition) is 1. The van der Waals surface area contributed by atoms with Gasteiger partial charge in [0.15, 0.2) is 0 Å². The summed E-state index contributed by atoms with van der Waals surface area (Å²) in [4.78, 5) is 2.31. The predicted octanol–water partition coefficient (Wildman–Crippen LogP) is 3.79. The molecule has 1 atom stereocenters. The van der Waals surface area contributed by atoms with Crippen molar-refractivity contribution >= 4 is 11.6 Å². The highest BCUT2D eigenvalue weighted by Gasteiger charge is 2.27. The molecule has 0 spiro atoms. The minimum Gasteiger partial charge on any atom is -0.424 e. The van der Waals surface area contributed by atoms with Crippen molar-refractivity contribution in [1.29, 1.82) is 0 Å². The van der Waals surface area contributed by atoms with Crippen molar-refractivity contribution < 1.29 is 9.52 Å².